The first-order valence-corrected chi connectivity index (χ1v) is 5.90. The number of hydrogen-bond donors (Lipinski definition) is 1. The van der Waals surface area contributed by atoms with E-state index >= 15 is 0 Å². The Labute approximate surface area is 97.1 Å². The molecule has 0 aliphatic carbocycles. The van der Waals surface area contributed by atoms with E-state index < -0.39 is 5.97 Å². The van der Waals surface area contributed by atoms with Crippen molar-refractivity contribution in [2.45, 2.75) is 4.90 Å². The normalized spacial score (nSPS) is 10.3. The number of carbonyl (C=O) groups is 1. The van der Waals surface area contributed by atoms with E-state index in [1.807, 2.05) is 18.4 Å². The first-order chi connectivity index (χ1) is 7.72. The molecule has 1 heterocycles. The largest absolute Gasteiger partial charge is 0.478 e. The number of carboxylic acids is 1. The zero-order chi connectivity index (χ0) is 11.5. The maximum atomic E-state index is 10.9. The van der Waals surface area contributed by atoms with Crippen LogP contribution in [0.5, 0.6) is 0 Å². The minimum atomic E-state index is -0.907. The molecule has 2 aromatic rings. The van der Waals surface area contributed by atoms with E-state index in [0.29, 0.717) is 5.56 Å². The second-order valence-corrected chi connectivity index (χ2v) is 4.05. The van der Waals surface area contributed by atoms with Gasteiger partial charge in [0.05, 0.1) is 11.8 Å². The second-order valence-electron chi connectivity index (χ2n) is 3.20. The van der Waals surface area contributed by atoms with Crippen molar-refractivity contribution >= 4 is 17.7 Å². The first kappa shape index (κ1) is 10.8. The zero-order valence-corrected chi connectivity index (χ0v) is 9.45. The van der Waals surface area contributed by atoms with Gasteiger partial charge in [0, 0.05) is 10.5 Å². The van der Waals surface area contributed by atoms with Crippen LogP contribution in [0.4, 0.5) is 0 Å². The van der Waals surface area contributed by atoms with Crippen LogP contribution in [0.3, 0.4) is 0 Å². The molecule has 4 heteroatoms. The molecule has 2 rings (SSSR count). The van der Waals surface area contributed by atoms with Crippen molar-refractivity contribution in [3.63, 3.8) is 0 Å². The molecule has 1 aromatic carbocycles. The number of aromatic carboxylic acids is 1. The van der Waals surface area contributed by atoms with E-state index in [1.54, 1.807) is 24.5 Å². The lowest BCUT2D eigenvalue weighted by Gasteiger charge is -2.04. The van der Waals surface area contributed by atoms with E-state index in [2.05, 4.69) is 0 Å². The van der Waals surface area contributed by atoms with E-state index in [-0.39, 0.29) is 0 Å². The highest BCUT2D eigenvalue weighted by Gasteiger charge is 2.11. The Balaban J connectivity index is 2.49. The van der Waals surface area contributed by atoms with Crippen molar-refractivity contribution < 1.29 is 14.3 Å². The first-order valence-electron chi connectivity index (χ1n) is 4.67. The Bertz CT molecular complexity index is 503. The summed E-state index contributed by atoms with van der Waals surface area (Å²) in [7, 11) is 0. The molecule has 1 aromatic heterocycles. The van der Waals surface area contributed by atoms with E-state index in [4.69, 9.17) is 9.52 Å². The van der Waals surface area contributed by atoms with Crippen LogP contribution in [-0.4, -0.2) is 17.3 Å². The highest BCUT2D eigenvalue weighted by Crippen LogP contribution is 2.28. The van der Waals surface area contributed by atoms with Crippen LogP contribution < -0.4 is 0 Å². The summed E-state index contributed by atoms with van der Waals surface area (Å²) in [5.41, 5.74) is 1.21. The molecule has 0 aliphatic rings. The average Bonchev–Trinajstić information content (AvgIpc) is 2.81. The van der Waals surface area contributed by atoms with Crippen molar-refractivity contribution in [3.8, 4) is 11.3 Å². The molecule has 0 radical (unpaired) electrons. The summed E-state index contributed by atoms with van der Waals surface area (Å²) >= 11 is 1.41. The lowest BCUT2D eigenvalue weighted by atomic mass is 10.1. The number of rotatable bonds is 3. The maximum Gasteiger partial charge on any atom is 0.336 e. The SMILES string of the molecule is CSc1cc(-c2ccco2)ccc1C(=O)O. The molecule has 82 valence electrons. The summed E-state index contributed by atoms with van der Waals surface area (Å²) in [5.74, 6) is -0.164. The van der Waals surface area contributed by atoms with Gasteiger partial charge in [-0.3, -0.25) is 0 Å². The average molecular weight is 234 g/mol. The summed E-state index contributed by atoms with van der Waals surface area (Å²) in [6.45, 7) is 0. The van der Waals surface area contributed by atoms with Gasteiger partial charge in [0.25, 0.3) is 0 Å². The quantitative estimate of drug-likeness (QED) is 0.827. The lowest BCUT2D eigenvalue weighted by Crippen LogP contribution is -1.98. The molecule has 0 amide bonds. The maximum absolute atomic E-state index is 10.9. The Hall–Kier alpha value is -1.68. The van der Waals surface area contributed by atoms with Gasteiger partial charge in [-0.05, 0) is 30.5 Å². The molecule has 1 N–H and O–H groups in total. The van der Waals surface area contributed by atoms with Gasteiger partial charge < -0.3 is 9.52 Å². The minimum Gasteiger partial charge on any atom is -0.478 e. The minimum absolute atomic E-state index is 0.322. The third kappa shape index (κ3) is 1.97. The predicted octanol–water partition coefficient (Wildman–Crippen LogP) is 3.37. The molecular weight excluding hydrogens is 224 g/mol. The topological polar surface area (TPSA) is 50.4 Å². The van der Waals surface area contributed by atoms with Gasteiger partial charge in [0.15, 0.2) is 0 Å². The van der Waals surface area contributed by atoms with Crippen LogP contribution in [-0.2, 0) is 0 Å². The number of hydrogen-bond acceptors (Lipinski definition) is 3. The van der Waals surface area contributed by atoms with Gasteiger partial charge in [0.1, 0.15) is 5.76 Å². The fraction of sp³-hybridized carbons (Fsp3) is 0.0833. The zero-order valence-electron chi connectivity index (χ0n) is 8.64. The van der Waals surface area contributed by atoms with Crippen LogP contribution in [0.25, 0.3) is 11.3 Å². The van der Waals surface area contributed by atoms with Gasteiger partial charge in [-0.25, -0.2) is 4.79 Å². The van der Waals surface area contributed by atoms with Gasteiger partial charge in [0.2, 0.25) is 0 Å². The van der Waals surface area contributed by atoms with Crippen molar-refractivity contribution in [1.82, 2.24) is 0 Å². The third-order valence-corrected chi connectivity index (χ3v) is 3.02. The molecule has 0 saturated carbocycles. The molecule has 0 bridgehead atoms. The summed E-state index contributed by atoms with van der Waals surface area (Å²) in [6.07, 6.45) is 3.45. The van der Waals surface area contributed by atoms with Gasteiger partial charge in [-0.15, -0.1) is 11.8 Å². The summed E-state index contributed by atoms with van der Waals surface area (Å²) in [4.78, 5) is 11.7. The van der Waals surface area contributed by atoms with Crippen LogP contribution in [0, 0.1) is 0 Å². The highest BCUT2D eigenvalue weighted by molar-refractivity contribution is 7.98. The van der Waals surface area contributed by atoms with Crippen LogP contribution in [0.15, 0.2) is 45.9 Å². The lowest BCUT2D eigenvalue weighted by molar-refractivity contribution is 0.0693. The highest BCUT2D eigenvalue weighted by atomic mass is 32.2. The molecule has 0 atom stereocenters. The smallest absolute Gasteiger partial charge is 0.336 e. The monoisotopic (exact) mass is 234 g/mol. The van der Waals surface area contributed by atoms with Gasteiger partial charge in [-0.1, -0.05) is 6.07 Å². The predicted molar refractivity (Wildman–Crippen MR) is 62.9 cm³/mol. The van der Waals surface area contributed by atoms with Crippen LogP contribution >= 0.6 is 11.8 Å². The Morgan fingerprint density at radius 2 is 2.19 bits per heavy atom. The molecule has 0 fully saturated rings. The molecule has 16 heavy (non-hydrogen) atoms. The van der Waals surface area contributed by atoms with Crippen LogP contribution in [0.2, 0.25) is 0 Å². The molecular formula is C12H10O3S. The molecule has 0 saturated heterocycles. The van der Waals surface area contributed by atoms with E-state index in [0.717, 1.165) is 16.2 Å². The summed E-state index contributed by atoms with van der Waals surface area (Å²) in [6, 6.07) is 8.83. The number of thioether (sulfide) groups is 1. The van der Waals surface area contributed by atoms with Crippen molar-refractivity contribution in [1.29, 1.82) is 0 Å². The second kappa shape index (κ2) is 4.45. The number of benzene rings is 1. The standard InChI is InChI=1S/C12H10O3S/c1-16-11-7-8(10-3-2-6-15-10)4-5-9(11)12(13)14/h2-7H,1H3,(H,13,14). The number of carboxylic acid groups (broad SMARTS) is 1. The molecule has 3 nitrogen and oxygen atoms in total. The van der Waals surface area contributed by atoms with Crippen molar-refractivity contribution in [3.05, 3.63) is 42.2 Å². The fourth-order valence-electron chi connectivity index (χ4n) is 1.46. The van der Waals surface area contributed by atoms with E-state index in [1.165, 1.54) is 11.8 Å². The summed E-state index contributed by atoms with van der Waals surface area (Å²) in [5, 5.41) is 8.98. The molecule has 0 unspecified atom stereocenters. The Morgan fingerprint density at radius 1 is 1.38 bits per heavy atom. The van der Waals surface area contributed by atoms with E-state index in [9.17, 15) is 4.79 Å². The fourth-order valence-corrected chi connectivity index (χ4v) is 2.08. The molecule has 0 spiro atoms. The van der Waals surface area contributed by atoms with Gasteiger partial charge >= 0.3 is 5.97 Å². The Kier molecular flexibility index (Phi) is 3.01. The third-order valence-electron chi connectivity index (χ3n) is 2.24. The van der Waals surface area contributed by atoms with Crippen molar-refractivity contribution in [2.75, 3.05) is 6.26 Å². The Morgan fingerprint density at radius 3 is 2.75 bits per heavy atom. The van der Waals surface area contributed by atoms with Crippen molar-refractivity contribution in [2.24, 2.45) is 0 Å². The molecule has 0 aliphatic heterocycles. The van der Waals surface area contributed by atoms with Crippen LogP contribution in [0.1, 0.15) is 10.4 Å². The number of furan rings is 1. The summed E-state index contributed by atoms with van der Waals surface area (Å²) < 4.78 is 5.26. The van der Waals surface area contributed by atoms with Gasteiger partial charge in [-0.2, -0.15) is 0 Å².